The van der Waals surface area contributed by atoms with Crippen molar-refractivity contribution in [1.82, 2.24) is 9.97 Å². The summed E-state index contributed by atoms with van der Waals surface area (Å²) in [6.07, 6.45) is 1.73. The quantitative estimate of drug-likeness (QED) is 0.571. The average Bonchev–Trinajstić information content (AvgIpc) is 2.59. The number of hydrogen-bond donors (Lipinski definition) is 1. The molecule has 0 atom stereocenters. The Kier molecular flexibility index (Phi) is 4.24. The second-order valence-corrected chi connectivity index (χ2v) is 5.30. The molecule has 0 aliphatic rings. The monoisotopic (exact) mass is 324 g/mol. The highest BCUT2D eigenvalue weighted by molar-refractivity contribution is 5.96. The Hall–Kier alpha value is -3.22. The van der Waals surface area contributed by atoms with Crippen molar-refractivity contribution in [1.29, 1.82) is 0 Å². The standard InChI is InChI=1S/C17H16N4O3/c1-11-8-14(18-9-12-6-7-16(24-2)19-10-12)13-4-3-5-15(21(22)23)17(13)20-11/h3-8,10H,9H2,1-2H3,(H,18,20). The largest absolute Gasteiger partial charge is 0.481 e. The molecule has 2 heterocycles. The number of nitro benzene ring substituents is 1. The number of methoxy groups -OCH3 is 1. The van der Waals surface area contributed by atoms with E-state index in [1.807, 2.05) is 25.1 Å². The normalized spacial score (nSPS) is 10.6. The van der Waals surface area contributed by atoms with Crippen LogP contribution in [0.2, 0.25) is 0 Å². The first-order valence-electron chi connectivity index (χ1n) is 7.36. The van der Waals surface area contributed by atoms with Crippen molar-refractivity contribution in [3.05, 3.63) is 64.0 Å². The average molecular weight is 324 g/mol. The van der Waals surface area contributed by atoms with E-state index >= 15 is 0 Å². The number of benzene rings is 1. The number of non-ortho nitro benzene ring substituents is 1. The van der Waals surface area contributed by atoms with Gasteiger partial charge in [-0.15, -0.1) is 0 Å². The topological polar surface area (TPSA) is 90.2 Å². The van der Waals surface area contributed by atoms with Crippen LogP contribution < -0.4 is 10.1 Å². The molecule has 7 nitrogen and oxygen atoms in total. The molecule has 0 bridgehead atoms. The minimum Gasteiger partial charge on any atom is -0.481 e. The van der Waals surface area contributed by atoms with Gasteiger partial charge >= 0.3 is 0 Å². The molecule has 0 radical (unpaired) electrons. The minimum absolute atomic E-state index is 0.00497. The summed E-state index contributed by atoms with van der Waals surface area (Å²) < 4.78 is 5.04. The lowest BCUT2D eigenvalue weighted by Gasteiger charge is -2.11. The molecule has 1 aromatic carbocycles. The first kappa shape index (κ1) is 15.7. The minimum atomic E-state index is -0.411. The summed E-state index contributed by atoms with van der Waals surface area (Å²) in [5.41, 5.74) is 2.89. The molecule has 0 aliphatic carbocycles. The first-order chi connectivity index (χ1) is 11.6. The molecular weight excluding hydrogens is 308 g/mol. The highest BCUT2D eigenvalue weighted by atomic mass is 16.6. The molecule has 7 heteroatoms. The summed E-state index contributed by atoms with van der Waals surface area (Å²) in [7, 11) is 1.57. The Balaban J connectivity index is 1.93. The Labute approximate surface area is 138 Å². The van der Waals surface area contributed by atoms with E-state index in [1.165, 1.54) is 6.07 Å². The highest BCUT2D eigenvalue weighted by Crippen LogP contribution is 2.30. The molecule has 0 unspecified atom stereocenters. The SMILES string of the molecule is COc1ccc(CNc2cc(C)nc3c([N+](=O)[O-])cccc23)cn1. The van der Waals surface area contributed by atoms with Crippen LogP contribution >= 0.6 is 0 Å². The van der Waals surface area contributed by atoms with Gasteiger partial charge in [0.05, 0.1) is 12.0 Å². The van der Waals surface area contributed by atoms with Gasteiger partial charge in [-0.05, 0) is 18.6 Å². The van der Waals surface area contributed by atoms with Gasteiger partial charge in [-0.2, -0.15) is 0 Å². The summed E-state index contributed by atoms with van der Waals surface area (Å²) in [5.74, 6) is 0.555. The fraction of sp³-hybridized carbons (Fsp3) is 0.176. The lowest BCUT2D eigenvalue weighted by molar-refractivity contribution is -0.383. The van der Waals surface area contributed by atoms with Crippen LogP contribution in [0.25, 0.3) is 10.9 Å². The number of aryl methyl sites for hydroxylation is 1. The first-order valence-corrected chi connectivity index (χ1v) is 7.36. The summed E-state index contributed by atoms with van der Waals surface area (Å²) in [5, 5.41) is 15.2. The molecule has 2 aromatic heterocycles. The van der Waals surface area contributed by atoms with Crippen LogP contribution in [0, 0.1) is 17.0 Å². The maximum Gasteiger partial charge on any atom is 0.295 e. The maximum atomic E-state index is 11.2. The number of nitrogens with one attached hydrogen (secondary N) is 1. The maximum absolute atomic E-state index is 11.2. The molecule has 0 amide bonds. The van der Waals surface area contributed by atoms with Crippen LogP contribution in [0.4, 0.5) is 11.4 Å². The number of pyridine rings is 2. The molecule has 24 heavy (non-hydrogen) atoms. The van der Waals surface area contributed by atoms with E-state index in [9.17, 15) is 10.1 Å². The number of ether oxygens (including phenoxy) is 1. The van der Waals surface area contributed by atoms with Crippen molar-refractivity contribution in [2.45, 2.75) is 13.5 Å². The number of aromatic nitrogens is 2. The zero-order valence-electron chi connectivity index (χ0n) is 13.3. The van der Waals surface area contributed by atoms with E-state index in [4.69, 9.17) is 4.74 Å². The summed E-state index contributed by atoms with van der Waals surface area (Å²) in [6.45, 7) is 2.36. The van der Waals surface area contributed by atoms with Crippen molar-refractivity contribution in [3.63, 3.8) is 0 Å². The molecule has 0 saturated heterocycles. The number of para-hydroxylation sites is 1. The van der Waals surface area contributed by atoms with E-state index in [-0.39, 0.29) is 5.69 Å². The number of nitrogens with zero attached hydrogens (tertiary/aromatic N) is 3. The molecule has 122 valence electrons. The molecule has 0 aliphatic heterocycles. The Morgan fingerprint density at radius 2 is 2.12 bits per heavy atom. The number of rotatable bonds is 5. The fourth-order valence-electron chi connectivity index (χ4n) is 2.49. The van der Waals surface area contributed by atoms with E-state index < -0.39 is 4.92 Å². The van der Waals surface area contributed by atoms with Crippen molar-refractivity contribution in [2.75, 3.05) is 12.4 Å². The molecule has 1 N–H and O–H groups in total. The van der Waals surface area contributed by atoms with E-state index in [2.05, 4.69) is 15.3 Å². The predicted octanol–water partition coefficient (Wildman–Crippen LogP) is 3.47. The van der Waals surface area contributed by atoms with Gasteiger partial charge < -0.3 is 10.1 Å². The van der Waals surface area contributed by atoms with Gasteiger partial charge in [-0.1, -0.05) is 18.2 Å². The number of anilines is 1. The Morgan fingerprint density at radius 1 is 1.29 bits per heavy atom. The van der Waals surface area contributed by atoms with Gasteiger partial charge in [0.25, 0.3) is 5.69 Å². The Morgan fingerprint density at radius 3 is 2.79 bits per heavy atom. The molecule has 0 fully saturated rings. The summed E-state index contributed by atoms with van der Waals surface area (Å²) >= 11 is 0. The summed E-state index contributed by atoms with van der Waals surface area (Å²) in [4.78, 5) is 19.3. The molecule has 3 rings (SSSR count). The second-order valence-electron chi connectivity index (χ2n) is 5.30. The van der Waals surface area contributed by atoms with Crippen LogP contribution in [0.1, 0.15) is 11.3 Å². The molecule has 0 spiro atoms. The van der Waals surface area contributed by atoms with Crippen LogP contribution in [0.5, 0.6) is 5.88 Å². The summed E-state index contributed by atoms with van der Waals surface area (Å²) in [6, 6.07) is 10.5. The van der Waals surface area contributed by atoms with Gasteiger partial charge in [0.15, 0.2) is 5.52 Å². The van der Waals surface area contributed by atoms with Crippen LogP contribution in [0.3, 0.4) is 0 Å². The number of nitro groups is 1. The zero-order chi connectivity index (χ0) is 17.1. The van der Waals surface area contributed by atoms with Crippen molar-refractivity contribution < 1.29 is 9.66 Å². The molecular formula is C17H16N4O3. The lowest BCUT2D eigenvalue weighted by atomic mass is 10.1. The lowest BCUT2D eigenvalue weighted by Crippen LogP contribution is -2.03. The van der Waals surface area contributed by atoms with Crippen LogP contribution in [-0.2, 0) is 6.54 Å². The highest BCUT2D eigenvalue weighted by Gasteiger charge is 2.15. The van der Waals surface area contributed by atoms with E-state index in [0.717, 1.165) is 16.6 Å². The predicted molar refractivity (Wildman–Crippen MR) is 91.3 cm³/mol. The number of fused-ring (bicyclic) bond motifs is 1. The van der Waals surface area contributed by atoms with Gasteiger partial charge in [0.1, 0.15) is 0 Å². The third-order valence-electron chi connectivity index (χ3n) is 3.63. The van der Waals surface area contributed by atoms with Gasteiger partial charge in [0.2, 0.25) is 5.88 Å². The number of hydrogen-bond acceptors (Lipinski definition) is 6. The third kappa shape index (κ3) is 3.10. The van der Waals surface area contributed by atoms with Crippen molar-refractivity contribution in [3.8, 4) is 5.88 Å². The van der Waals surface area contributed by atoms with Crippen molar-refractivity contribution >= 4 is 22.3 Å². The fourth-order valence-corrected chi connectivity index (χ4v) is 2.49. The van der Waals surface area contributed by atoms with Crippen LogP contribution in [0.15, 0.2) is 42.6 Å². The molecule has 0 saturated carbocycles. The Bertz CT molecular complexity index is 894. The van der Waals surface area contributed by atoms with Crippen LogP contribution in [-0.4, -0.2) is 22.0 Å². The zero-order valence-corrected chi connectivity index (χ0v) is 13.3. The van der Waals surface area contributed by atoms with Gasteiger partial charge in [-0.25, -0.2) is 9.97 Å². The second kappa shape index (κ2) is 6.49. The van der Waals surface area contributed by atoms with Crippen molar-refractivity contribution in [2.24, 2.45) is 0 Å². The smallest absolute Gasteiger partial charge is 0.295 e. The van der Waals surface area contributed by atoms with E-state index in [0.29, 0.717) is 23.6 Å². The van der Waals surface area contributed by atoms with E-state index in [1.54, 1.807) is 25.4 Å². The molecule has 3 aromatic rings. The third-order valence-corrected chi connectivity index (χ3v) is 3.63. The van der Waals surface area contributed by atoms with Gasteiger partial charge in [-0.3, -0.25) is 10.1 Å². The van der Waals surface area contributed by atoms with Gasteiger partial charge in [0, 0.05) is 41.6 Å².